The molecule has 0 bridgehead atoms. The Morgan fingerprint density at radius 3 is 2.10 bits per heavy atom. The van der Waals surface area contributed by atoms with Gasteiger partial charge in [-0.15, -0.1) is 0 Å². The van der Waals surface area contributed by atoms with Crippen molar-refractivity contribution in [3.8, 4) is 0 Å². The van der Waals surface area contributed by atoms with Crippen molar-refractivity contribution in [2.24, 2.45) is 0 Å². The van der Waals surface area contributed by atoms with Crippen LogP contribution in [-0.2, 0) is 10.1 Å². The molecule has 0 spiro atoms. The van der Waals surface area contributed by atoms with Gasteiger partial charge in [-0.2, -0.15) is 0 Å². The summed E-state index contributed by atoms with van der Waals surface area (Å²) in [7, 11) is -4.11. The second-order valence-corrected chi connectivity index (χ2v) is 3.18. The Balaban J connectivity index is 0. The minimum Gasteiger partial charge on any atom is -0.748 e. The number of unbranched alkanes of at least 4 members (excludes halogenated alkanes) is 1. The van der Waals surface area contributed by atoms with Gasteiger partial charge in [0.15, 0.2) is 0 Å². The zero-order chi connectivity index (χ0) is 7.33. The van der Waals surface area contributed by atoms with Gasteiger partial charge in [0.1, 0.15) is 0 Å². The molecular formula is C4H8FLiO3S. The Morgan fingerprint density at radius 2 is 1.80 bits per heavy atom. The van der Waals surface area contributed by atoms with Crippen LogP contribution in [-0.4, -0.2) is 25.4 Å². The van der Waals surface area contributed by atoms with E-state index < -0.39 is 22.5 Å². The third-order valence-electron chi connectivity index (χ3n) is 0.778. The zero-order valence-corrected chi connectivity index (χ0v) is 6.66. The molecule has 0 amide bonds. The van der Waals surface area contributed by atoms with E-state index in [9.17, 15) is 17.4 Å². The van der Waals surface area contributed by atoms with Gasteiger partial charge < -0.3 is 4.55 Å². The summed E-state index contributed by atoms with van der Waals surface area (Å²) in [6.07, 6.45) is 0.282. The van der Waals surface area contributed by atoms with Crippen molar-refractivity contribution in [1.82, 2.24) is 0 Å². The van der Waals surface area contributed by atoms with E-state index in [2.05, 4.69) is 0 Å². The summed E-state index contributed by atoms with van der Waals surface area (Å²) in [5.74, 6) is -0.448. The fraction of sp³-hybridized carbons (Fsp3) is 1.00. The fourth-order valence-corrected chi connectivity index (χ4v) is 0.931. The molecule has 0 rings (SSSR count). The van der Waals surface area contributed by atoms with Gasteiger partial charge in [0, 0.05) is 5.75 Å². The second-order valence-electron chi connectivity index (χ2n) is 1.66. The van der Waals surface area contributed by atoms with E-state index in [4.69, 9.17) is 0 Å². The van der Waals surface area contributed by atoms with Crippen LogP contribution in [0.3, 0.4) is 0 Å². The van der Waals surface area contributed by atoms with Crippen LogP contribution in [0.2, 0.25) is 0 Å². The molecule has 0 saturated heterocycles. The van der Waals surface area contributed by atoms with Crippen molar-refractivity contribution in [1.29, 1.82) is 0 Å². The summed E-state index contributed by atoms with van der Waals surface area (Å²) in [4.78, 5) is 0. The summed E-state index contributed by atoms with van der Waals surface area (Å²) in [5.41, 5.74) is 0. The molecule has 0 N–H and O–H groups in total. The maximum Gasteiger partial charge on any atom is 1.00 e. The maximum absolute atomic E-state index is 11.3. The van der Waals surface area contributed by atoms with Crippen LogP contribution in [0.25, 0.3) is 0 Å². The van der Waals surface area contributed by atoms with Crippen LogP contribution in [0.15, 0.2) is 0 Å². The number of hydrogen-bond donors (Lipinski definition) is 0. The average Bonchev–Trinajstić information content (AvgIpc) is 1.63. The number of rotatable bonds is 4. The van der Waals surface area contributed by atoms with Gasteiger partial charge in [0.25, 0.3) is 0 Å². The molecule has 0 aromatic carbocycles. The van der Waals surface area contributed by atoms with E-state index in [0.29, 0.717) is 0 Å². The van der Waals surface area contributed by atoms with Crippen molar-refractivity contribution < 1.29 is 36.2 Å². The van der Waals surface area contributed by atoms with Gasteiger partial charge in [-0.1, -0.05) is 0 Å². The minimum absolute atomic E-state index is 0. The van der Waals surface area contributed by atoms with Gasteiger partial charge in [-0.25, -0.2) is 8.42 Å². The van der Waals surface area contributed by atoms with Gasteiger partial charge in [0.2, 0.25) is 0 Å². The molecule has 56 valence electrons. The summed E-state index contributed by atoms with van der Waals surface area (Å²) >= 11 is 0. The van der Waals surface area contributed by atoms with Gasteiger partial charge >= 0.3 is 18.9 Å². The van der Waals surface area contributed by atoms with Crippen LogP contribution >= 0.6 is 0 Å². The van der Waals surface area contributed by atoms with Crippen molar-refractivity contribution >= 4 is 10.1 Å². The van der Waals surface area contributed by atoms with E-state index in [1.54, 1.807) is 0 Å². The Labute approximate surface area is 71.9 Å². The SMILES string of the molecule is O=S(=O)([O-])CCCCF.[Li+]. The first-order valence-electron chi connectivity index (χ1n) is 2.56. The molecule has 0 saturated carbocycles. The molecule has 0 unspecified atom stereocenters. The Bertz CT molecular complexity index is 156. The first-order valence-corrected chi connectivity index (χ1v) is 4.13. The predicted octanol–water partition coefficient (Wildman–Crippen LogP) is -2.71. The Morgan fingerprint density at radius 1 is 1.30 bits per heavy atom. The topological polar surface area (TPSA) is 57.2 Å². The molecule has 0 aliphatic heterocycles. The van der Waals surface area contributed by atoms with E-state index in [-0.39, 0.29) is 31.7 Å². The molecule has 0 aliphatic carbocycles. The standard InChI is InChI=1S/C4H9FO3S.Li/c5-3-1-2-4-9(6,7)8;/h1-4H2,(H,6,7,8);/q;+1/p-1. The number of halogens is 1. The smallest absolute Gasteiger partial charge is 0.748 e. The summed E-state index contributed by atoms with van der Waals surface area (Å²) in [6, 6.07) is 0. The van der Waals surface area contributed by atoms with Crippen molar-refractivity contribution in [2.45, 2.75) is 12.8 Å². The van der Waals surface area contributed by atoms with E-state index in [1.807, 2.05) is 0 Å². The normalized spacial score (nSPS) is 10.6. The Hall–Kier alpha value is 0.437. The largest absolute Gasteiger partial charge is 1.00 e. The summed E-state index contributed by atoms with van der Waals surface area (Å²) < 4.78 is 40.8. The molecule has 0 radical (unpaired) electrons. The average molecular weight is 162 g/mol. The second kappa shape index (κ2) is 6.17. The van der Waals surface area contributed by atoms with Crippen LogP contribution in [0, 0.1) is 0 Å². The molecule has 0 aliphatic rings. The molecular weight excluding hydrogens is 154 g/mol. The van der Waals surface area contributed by atoms with Crippen molar-refractivity contribution in [3.05, 3.63) is 0 Å². The molecule has 0 atom stereocenters. The molecule has 0 fully saturated rings. The Kier molecular flexibility index (Phi) is 8.05. The third-order valence-corrected chi connectivity index (χ3v) is 1.57. The quantitative estimate of drug-likeness (QED) is 0.256. The number of alkyl halides is 1. The van der Waals surface area contributed by atoms with Crippen molar-refractivity contribution in [3.63, 3.8) is 0 Å². The van der Waals surface area contributed by atoms with Gasteiger partial charge in [-0.3, -0.25) is 4.39 Å². The van der Waals surface area contributed by atoms with Crippen LogP contribution in [0.1, 0.15) is 12.8 Å². The third kappa shape index (κ3) is 11.3. The molecule has 0 heterocycles. The van der Waals surface area contributed by atoms with Crippen LogP contribution < -0.4 is 18.9 Å². The van der Waals surface area contributed by atoms with Crippen molar-refractivity contribution in [2.75, 3.05) is 12.4 Å². The van der Waals surface area contributed by atoms with Crippen LogP contribution in [0.5, 0.6) is 0 Å². The first kappa shape index (κ1) is 13.1. The predicted molar refractivity (Wildman–Crippen MR) is 29.8 cm³/mol. The first-order chi connectivity index (χ1) is 4.06. The number of hydrogen-bond acceptors (Lipinski definition) is 3. The molecule has 0 aromatic heterocycles. The molecule has 10 heavy (non-hydrogen) atoms. The fourth-order valence-electron chi connectivity index (χ4n) is 0.373. The van der Waals surface area contributed by atoms with E-state index in [1.165, 1.54) is 0 Å². The van der Waals surface area contributed by atoms with Gasteiger partial charge in [-0.05, 0) is 12.8 Å². The molecule has 3 nitrogen and oxygen atoms in total. The van der Waals surface area contributed by atoms with E-state index in [0.717, 1.165) is 0 Å². The molecule has 6 heteroatoms. The summed E-state index contributed by atoms with van der Waals surface area (Å²) in [6.45, 7) is -0.560. The monoisotopic (exact) mass is 162 g/mol. The van der Waals surface area contributed by atoms with E-state index >= 15 is 0 Å². The van der Waals surface area contributed by atoms with Crippen LogP contribution in [0.4, 0.5) is 4.39 Å². The summed E-state index contributed by atoms with van der Waals surface area (Å²) in [5, 5.41) is 0. The van der Waals surface area contributed by atoms with Gasteiger partial charge in [0.05, 0.1) is 16.8 Å². The molecule has 0 aromatic rings. The minimum atomic E-state index is -4.11. The zero-order valence-electron chi connectivity index (χ0n) is 5.84. The maximum atomic E-state index is 11.3.